The van der Waals surface area contributed by atoms with Crippen molar-refractivity contribution in [1.29, 1.82) is 0 Å². The van der Waals surface area contributed by atoms with Crippen molar-refractivity contribution < 1.29 is 4.74 Å². The van der Waals surface area contributed by atoms with Gasteiger partial charge < -0.3 is 15.0 Å². The minimum absolute atomic E-state index is 0.213. The highest BCUT2D eigenvalue weighted by Gasteiger charge is 2.49. The molecule has 176 valence electrons. The molecule has 8 nitrogen and oxygen atoms in total. The molecule has 0 amide bonds. The minimum atomic E-state index is 0.213. The lowest BCUT2D eigenvalue weighted by Gasteiger charge is -2.45. The molecule has 0 aliphatic carbocycles. The Morgan fingerprint density at radius 2 is 1.94 bits per heavy atom. The maximum absolute atomic E-state index is 5.76. The Morgan fingerprint density at radius 3 is 2.59 bits per heavy atom. The van der Waals surface area contributed by atoms with Gasteiger partial charge in [-0.2, -0.15) is 5.10 Å². The molecule has 2 saturated heterocycles. The van der Waals surface area contributed by atoms with Gasteiger partial charge >= 0.3 is 0 Å². The van der Waals surface area contributed by atoms with E-state index in [1.807, 2.05) is 17.8 Å². The number of piperidine rings is 1. The van der Waals surface area contributed by atoms with Crippen molar-refractivity contribution in [3.8, 4) is 28.1 Å². The van der Waals surface area contributed by atoms with Crippen LogP contribution in [0.2, 0.25) is 0 Å². The van der Waals surface area contributed by atoms with Crippen LogP contribution < -0.4 is 15.0 Å². The van der Waals surface area contributed by atoms with Crippen LogP contribution in [-0.2, 0) is 0 Å². The van der Waals surface area contributed by atoms with Crippen molar-refractivity contribution in [2.75, 3.05) is 19.1 Å². The molecule has 3 aromatic heterocycles. The summed E-state index contributed by atoms with van der Waals surface area (Å²) in [5.41, 5.74) is 6.84. The van der Waals surface area contributed by atoms with Gasteiger partial charge in [-0.3, -0.25) is 5.10 Å². The third-order valence-electron chi connectivity index (χ3n) is 7.62. The molecule has 3 atom stereocenters. The zero-order valence-corrected chi connectivity index (χ0v) is 20.7. The highest BCUT2D eigenvalue weighted by molar-refractivity contribution is 7.17. The first kappa shape index (κ1) is 21.5. The number of nitrogens with zero attached hydrogens (tertiary/aromatic N) is 5. The zero-order valence-electron chi connectivity index (χ0n) is 19.9. The van der Waals surface area contributed by atoms with E-state index in [2.05, 4.69) is 68.6 Å². The molecule has 2 aliphatic heterocycles. The van der Waals surface area contributed by atoms with Crippen LogP contribution in [0, 0.1) is 0 Å². The Labute approximate surface area is 202 Å². The molecule has 6 rings (SSSR count). The fourth-order valence-electron chi connectivity index (χ4n) is 5.96. The molecule has 1 unspecified atom stereocenters. The minimum Gasteiger partial charge on any atom is -0.496 e. The molecular weight excluding hydrogens is 446 g/mol. The van der Waals surface area contributed by atoms with Crippen LogP contribution in [0.25, 0.3) is 32.6 Å². The monoisotopic (exact) mass is 475 g/mol. The van der Waals surface area contributed by atoms with E-state index in [9.17, 15) is 0 Å². The highest BCUT2D eigenvalue weighted by atomic mass is 32.1. The van der Waals surface area contributed by atoms with Gasteiger partial charge in [-0.05, 0) is 57.7 Å². The van der Waals surface area contributed by atoms with E-state index in [0.29, 0.717) is 6.04 Å². The number of hydrogen-bond acceptors (Lipinski definition) is 8. The number of thiazole rings is 1. The van der Waals surface area contributed by atoms with Crippen molar-refractivity contribution in [2.24, 2.45) is 0 Å². The van der Waals surface area contributed by atoms with Crippen molar-refractivity contribution in [3.05, 3.63) is 36.1 Å². The maximum atomic E-state index is 5.76. The molecule has 1 aromatic carbocycles. The number of methoxy groups -OCH3 is 1. The maximum Gasteiger partial charge on any atom is 0.151 e. The van der Waals surface area contributed by atoms with Gasteiger partial charge in [-0.1, -0.05) is 0 Å². The lowest BCUT2D eigenvalue weighted by molar-refractivity contribution is 0.207. The molecule has 0 radical (unpaired) electrons. The number of H-pyrrole nitrogens is 1. The quantitative estimate of drug-likeness (QED) is 0.434. The van der Waals surface area contributed by atoms with E-state index >= 15 is 0 Å². The predicted molar refractivity (Wildman–Crippen MR) is 135 cm³/mol. The summed E-state index contributed by atoms with van der Waals surface area (Å²) in [6.45, 7) is 4.71. The molecule has 0 saturated carbocycles. The summed E-state index contributed by atoms with van der Waals surface area (Å²) in [6, 6.07) is 6.62. The molecular formula is C25H29N7OS. The standard InChI is InChI=1S/C25H29N7OS/c1-24-7-8-25(2,31-24)11-16(10-24)32(3)20-6-5-18(29-30-20)17-9-19(33-4)21(15-12-27-28-13-15)22-23(17)34-14-26-22/h5-6,9,12-14,16,31H,7-8,10-11H2,1-4H3,(H,27,28)/t16?,24-,25+. The molecule has 9 heteroatoms. The number of benzene rings is 1. The Hall–Kier alpha value is -3.04. The van der Waals surface area contributed by atoms with Crippen LogP contribution in [-0.4, -0.2) is 56.7 Å². The number of anilines is 1. The summed E-state index contributed by atoms with van der Waals surface area (Å²) in [6.07, 6.45) is 8.36. The first-order valence-corrected chi connectivity index (χ1v) is 12.6. The van der Waals surface area contributed by atoms with Gasteiger partial charge in [-0.25, -0.2) is 4.98 Å². The molecule has 2 fully saturated rings. The third kappa shape index (κ3) is 3.45. The Balaban J connectivity index is 1.34. The van der Waals surface area contributed by atoms with Gasteiger partial charge in [0.15, 0.2) is 5.82 Å². The number of fused-ring (bicyclic) bond motifs is 3. The second-order valence-corrected chi connectivity index (χ2v) is 11.1. The summed E-state index contributed by atoms with van der Waals surface area (Å²) in [5, 5.41) is 20.1. The molecule has 2 N–H and O–H groups in total. The van der Waals surface area contributed by atoms with Crippen LogP contribution in [0.4, 0.5) is 5.82 Å². The smallest absolute Gasteiger partial charge is 0.151 e. The first-order valence-electron chi connectivity index (χ1n) is 11.7. The summed E-state index contributed by atoms with van der Waals surface area (Å²) in [7, 11) is 3.83. The van der Waals surface area contributed by atoms with Crippen LogP contribution >= 0.6 is 11.3 Å². The SMILES string of the molecule is COc1cc(-c2ccc(N(C)C3C[C@]4(C)CC[C@](C)(C3)N4)nn2)c2scnc2c1-c1cn[nH]c1. The van der Waals surface area contributed by atoms with E-state index in [-0.39, 0.29) is 11.1 Å². The molecule has 34 heavy (non-hydrogen) atoms. The molecule has 2 bridgehead atoms. The number of aromatic amines is 1. The Kier molecular flexibility index (Phi) is 4.90. The van der Waals surface area contributed by atoms with Crippen LogP contribution in [0.3, 0.4) is 0 Å². The molecule has 0 spiro atoms. The molecule has 4 aromatic rings. The average molecular weight is 476 g/mol. The van der Waals surface area contributed by atoms with Gasteiger partial charge in [0.25, 0.3) is 0 Å². The van der Waals surface area contributed by atoms with Crippen molar-refractivity contribution >= 4 is 27.4 Å². The van der Waals surface area contributed by atoms with E-state index in [4.69, 9.17) is 4.74 Å². The van der Waals surface area contributed by atoms with Crippen molar-refractivity contribution in [3.63, 3.8) is 0 Å². The fraction of sp³-hybridized carbons (Fsp3) is 0.440. The Bertz CT molecular complexity index is 1320. The van der Waals surface area contributed by atoms with E-state index in [1.165, 1.54) is 12.8 Å². The largest absolute Gasteiger partial charge is 0.496 e. The second-order valence-electron chi connectivity index (χ2n) is 10.2. The van der Waals surface area contributed by atoms with E-state index in [1.54, 1.807) is 24.6 Å². The van der Waals surface area contributed by atoms with Gasteiger partial charge in [0, 0.05) is 41.5 Å². The van der Waals surface area contributed by atoms with Crippen molar-refractivity contribution in [1.82, 2.24) is 30.7 Å². The highest BCUT2D eigenvalue weighted by Crippen LogP contribution is 2.45. The summed E-state index contributed by atoms with van der Waals surface area (Å²) in [5.74, 6) is 1.65. The van der Waals surface area contributed by atoms with Crippen molar-refractivity contribution in [2.45, 2.75) is 56.7 Å². The van der Waals surface area contributed by atoms with E-state index < -0.39 is 0 Å². The number of aromatic nitrogens is 5. The van der Waals surface area contributed by atoms with Gasteiger partial charge in [0.2, 0.25) is 0 Å². The summed E-state index contributed by atoms with van der Waals surface area (Å²) >= 11 is 1.60. The number of rotatable bonds is 5. The van der Waals surface area contributed by atoms with Crippen LogP contribution in [0.5, 0.6) is 5.75 Å². The summed E-state index contributed by atoms with van der Waals surface area (Å²) in [4.78, 5) is 6.95. The van der Waals surface area contributed by atoms with Gasteiger partial charge in [0.05, 0.1) is 40.3 Å². The molecule has 2 aliphatic rings. The average Bonchev–Trinajstić information content (AvgIpc) is 3.57. The Morgan fingerprint density at radius 1 is 1.15 bits per heavy atom. The lowest BCUT2D eigenvalue weighted by atomic mass is 9.84. The van der Waals surface area contributed by atoms with Gasteiger partial charge in [0.1, 0.15) is 5.75 Å². The predicted octanol–water partition coefficient (Wildman–Crippen LogP) is 4.65. The van der Waals surface area contributed by atoms with Gasteiger partial charge in [-0.15, -0.1) is 21.5 Å². The lowest BCUT2D eigenvalue weighted by Crippen LogP contribution is -2.58. The zero-order chi connectivity index (χ0) is 23.5. The first-order chi connectivity index (χ1) is 16.4. The second kappa shape index (κ2) is 7.74. The fourth-order valence-corrected chi connectivity index (χ4v) is 6.78. The number of hydrogen-bond donors (Lipinski definition) is 2. The van der Waals surface area contributed by atoms with Crippen LogP contribution in [0.1, 0.15) is 39.5 Å². The topological polar surface area (TPSA) is 91.8 Å². The molecule has 5 heterocycles. The number of ether oxygens (including phenoxy) is 1. The number of nitrogens with one attached hydrogen (secondary N) is 2. The third-order valence-corrected chi connectivity index (χ3v) is 8.48. The normalized spacial score (nSPS) is 26.2. The summed E-state index contributed by atoms with van der Waals surface area (Å²) < 4.78 is 6.81. The van der Waals surface area contributed by atoms with E-state index in [0.717, 1.165) is 57.0 Å². The van der Waals surface area contributed by atoms with Crippen LogP contribution in [0.15, 0.2) is 36.1 Å².